The fourth-order valence-electron chi connectivity index (χ4n) is 3.54. The topological polar surface area (TPSA) is 0 Å². The zero-order chi connectivity index (χ0) is 15.7. The summed E-state index contributed by atoms with van der Waals surface area (Å²) in [6.07, 6.45) is 5.96. The highest BCUT2D eigenvalue weighted by Gasteiger charge is 2.38. The van der Waals surface area contributed by atoms with Crippen molar-refractivity contribution < 1.29 is 4.39 Å². The first-order valence-electron chi connectivity index (χ1n) is 7.76. The van der Waals surface area contributed by atoms with Crippen molar-refractivity contribution in [2.45, 2.75) is 52.9 Å². The molecule has 118 valence electrons. The molecule has 1 aromatic carbocycles. The Bertz CT molecular complexity index is 482. The highest BCUT2D eigenvalue weighted by Crippen LogP contribution is 2.48. The summed E-state index contributed by atoms with van der Waals surface area (Å²) >= 11 is 7.14. The summed E-state index contributed by atoms with van der Waals surface area (Å²) in [7, 11) is 0. The zero-order valence-electron chi connectivity index (χ0n) is 13.2. The lowest BCUT2D eigenvalue weighted by atomic mass is 9.63. The standard InChI is InChI=1S/C18H25Br2F/c1-17(2,3)14-7-9-18(12-19,10-8-14)11-13-5-4-6-15(21)16(13)20/h4-6,14H,7-12H2,1-3H3. The molecule has 2 rings (SSSR count). The Labute approximate surface area is 145 Å². The molecule has 0 saturated heterocycles. The van der Waals surface area contributed by atoms with Crippen molar-refractivity contribution >= 4 is 31.9 Å². The van der Waals surface area contributed by atoms with E-state index in [1.54, 1.807) is 0 Å². The lowest BCUT2D eigenvalue weighted by Gasteiger charge is -2.43. The molecule has 0 atom stereocenters. The van der Waals surface area contributed by atoms with E-state index in [4.69, 9.17) is 0 Å². The summed E-state index contributed by atoms with van der Waals surface area (Å²) in [4.78, 5) is 0. The molecule has 0 unspecified atom stereocenters. The van der Waals surface area contributed by atoms with E-state index in [9.17, 15) is 4.39 Å². The second kappa shape index (κ2) is 6.70. The summed E-state index contributed by atoms with van der Waals surface area (Å²) in [6, 6.07) is 5.39. The number of benzene rings is 1. The molecule has 1 aliphatic carbocycles. The average Bonchev–Trinajstić information content (AvgIpc) is 2.43. The number of halogens is 3. The molecule has 21 heavy (non-hydrogen) atoms. The minimum atomic E-state index is -0.152. The minimum absolute atomic E-state index is 0.152. The summed E-state index contributed by atoms with van der Waals surface area (Å²) in [6.45, 7) is 7.05. The Morgan fingerprint density at radius 1 is 1.24 bits per heavy atom. The maximum Gasteiger partial charge on any atom is 0.137 e. The Balaban J connectivity index is 2.12. The van der Waals surface area contributed by atoms with Crippen molar-refractivity contribution in [3.8, 4) is 0 Å². The first kappa shape index (κ1) is 17.5. The molecule has 0 aromatic heterocycles. The monoisotopic (exact) mass is 418 g/mol. The first-order valence-corrected chi connectivity index (χ1v) is 9.68. The lowest BCUT2D eigenvalue weighted by molar-refractivity contribution is 0.103. The van der Waals surface area contributed by atoms with E-state index in [2.05, 4.69) is 52.6 Å². The van der Waals surface area contributed by atoms with E-state index in [0.29, 0.717) is 9.89 Å². The van der Waals surface area contributed by atoms with Crippen molar-refractivity contribution in [2.24, 2.45) is 16.7 Å². The van der Waals surface area contributed by atoms with Gasteiger partial charge in [0.2, 0.25) is 0 Å². The summed E-state index contributed by atoms with van der Waals surface area (Å²) in [5.41, 5.74) is 1.78. The van der Waals surface area contributed by atoms with Gasteiger partial charge >= 0.3 is 0 Å². The van der Waals surface area contributed by atoms with Crippen LogP contribution in [-0.2, 0) is 6.42 Å². The summed E-state index contributed by atoms with van der Waals surface area (Å²) in [5, 5.41) is 1.000. The molecule has 1 aliphatic rings. The highest BCUT2D eigenvalue weighted by atomic mass is 79.9. The highest BCUT2D eigenvalue weighted by molar-refractivity contribution is 9.10. The summed E-state index contributed by atoms with van der Waals surface area (Å²) < 4.78 is 14.4. The van der Waals surface area contributed by atoms with Gasteiger partial charge in [-0.3, -0.25) is 0 Å². The normalized spacial score (nSPS) is 26.9. The van der Waals surface area contributed by atoms with Crippen molar-refractivity contribution in [1.82, 2.24) is 0 Å². The van der Waals surface area contributed by atoms with Gasteiger partial charge in [0.05, 0.1) is 4.47 Å². The van der Waals surface area contributed by atoms with E-state index in [1.807, 2.05) is 12.1 Å². The number of hydrogen-bond donors (Lipinski definition) is 0. The van der Waals surface area contributed by atoms with Gasteiger partial charge in [0.1, 0.15) is 5.82 Å². The van der Waals surface area contributed by atoms with E-state index >= 15 is 0 Å². The van der Waals surface area contributed by atoms with Crippen LogP contribution >= 0.6 is 31.9 Å². The van der Waals surface area contributed by atoms with Crippen molar-refractivity contribution in [3.05, 3.63) is 34.1 Å². The molecule has 0 aliphatic heterocycles. The SMILES string of the molecule is CC(C)(C)C1CCC(CBr)(Cc2cccc(F)c2Br)CC1. The van der Waals surface area contributed by atoms with Gasteiger partial charge < -0.3 is 0 Å². The molecule has 1 saturated carbocycles. The van der Waals surface area contributed by atoms with E-state index in [0.717, 1.165) is 23.2 Å². The van der Waals surface area contributed by atoms with Crippen LogP contribution in [0.4, 0.5) is 4.39 Å². The third-order valence-corrected chi connectivity index (χ3v) is 7.23. The number of alkyl halides is 1. The van der Waals surface area contributed by atoms with Gasteiger partial charge in [-0.05, 0) is 76.4 Å². The number of hydrogen-bond acceptors (Lipinski definition) is 0. The third-order valence-electron chi connectivity index (χ3n) is 5.15. The second-order valence-electron chi connectivity index (χ2n) is 7.66. The molecule has 1 fully saturated rings. The van der Waals surface area contributed by atoms with Crippen LogP contribution in [0.3, 0.4) is 0 Å². The fourth-order valence-corrected chi connectivity index (χ4v) is 4.71. The van der Waals surface area contributed by atoms with Crippen LogP contribution in [0.15, 0.2) is 22.7 Å². The maximum absolute atomic E-state index is 13.7. The van der Waals surface area contributed by atoms with Gasteiger partial charge in [0.25, 0.3) is 0 Å². The molecular weight excluding hydrogens is 395 g/mol. The van der Waals surface area contributed by atoms with E-state index in [1.165, 1.54) is 31.7 Å². The zero-order valence-corrected chi connectivity index (χ0v) is 16.4. The van der Waals surface area contributed by atoms with Crippen LogP contribution in [0, 0.1) is 22.6 Å². The van der Waals surface area contributed by atoms with E-state index in [-0.39, 0.29) is 11.2 Å². The van der Waals surface area contributed by atoms with Crippen molar-refractivity contribution in [2.75, 3.05) is 5.33 Å². The predicted molar refractivity (Wildman–Crippen MR) is 95.4 cm³/mol. The fraction of sp³-hybridized carbons (Fsp3) is 0.667. The second-order valence-corrected chi connectivity index (χ2v) is 9.02. The van der Waals surface area contributed by atoms with E-state index < -0.39 is 0 Å². The molecule has 3 heteroatoms. The molecule has 0 radical (unpaired) electrons. The maximum atomic E-state index is 13.7. The molecule has 0 amide bonds. The van der Waals surface area contributed by atoms with Crippen LogP contribution in [0.1, 0.15) is 52.0 Å². The number of rotatable bonds is 3. The Morgan fingerprint density at radius 2 is 1.86 bits per heavy atom. The quantitative estimate of drug-likeness (QED) is 0.475. The molecular formula is C18H25Br2F. The Morgan fingerprint density at radius 3 is 2.38 bits per heavy atom. The van der Waals surface area contributed by atoms with Crippen LogP contribution in [-0.4, -0.2) is 5.33 Å². The Kier molecular flexibility index (Phi) is 5.57. The average molecular weight is 420 g/mol. The van der Waals surface area contributed by atoms with Crippen LogP contribution in [0.2, 0.25) is 0 Å². The van der Waals surface area contributed by atoms with Crippen LogP contribution in [0.5, 0.6) is 0 Å². The van der Waals surface area contributed by atoms with Crippen molar-refractivity contribution in [1.29, 1.82) is 0 Å². The molecule has 1 aromatic rings. The molecule has 0 heterocycles. The third kappa shape index (κ3) is 4.10. The largest absolute Gasteiger partial charge is 0.206 e. The van der Waals surface area contributed by atoms with Gasteiger partial charge in [-0.1, -0.05) is 48.8 Å². The van der Waals surface area contributed by atoms with Gasteiger partial charge in [-0.25, -0.2) is 4.39 Å². The Hall–Kier alpha value is 0.110. The lowest BCUT2D eigenvalue weighted by Crippen LogP contribution is -2.35. The first-order chi connectivity index (χ1) is 9.77. The summed E-state index contributed by atoms with van der Waals surface area (Å²) in [5.74, 6) is 0.654. The molecule has 0 spiro atoms. The smallest absolute Gasteiger partial charge is 0.137 e. The molecule has 0 N–H and O–H groups in total. The van der Waals surface area contributed by atoms with Gasteiger partial charge in [0.15, 0.2) is 0 Å². The predicted octanol–water partition coefficient (Wildman–Crippen LogP) is 6.75. The van der Waals surface area contributed by atoms with Crippen LogP contribution in [0.25, 0.3) is 0 Å². The molecule has 0 nitrogen and oxygen atoms in total. The van der Waals surface area contributed by atoms with Gasteiger partial charge in [0, 0.05) is 5.33 Å². The van der Waals surface area contributed by atoms with Gasteiger partial charge in [-0.15, -0.1) is 0 Å². The van der Waals surface area contributed by atoms with Crippen LogP contribution < -0.4 is 0 Å². The van der Waals surface area contributed by atoms with Gasteiger partial charge in [-0.2, -0.15) is 0 Å². The minimum Gasteiger partial charge on any atom is -0.206 e. The molecule has 0 bridgehead atoms. The van der Waals surface area contributed by atoms with Crippen molar-refractivity contribution in [3.63, 3.8) is 0 Å².